The van der Waals surface area contributed by atoms with E-state index >= 15 is 0 Å². The molecule has 35 heavy (non-hydrogen) atoms. The molecule has 2 N–H and O–H groups in total. The lowest BCUT2D eigenvalue weighted by molar-refractivity contribution is 0.142. The maximum Gasteiger partial charge on any atom is 0.322 e. The molecule has 0 bridgehead atoms. The molecule has 2 saturated carbocycles. The highest BCUT2D eigenvalue weighted by molar-refractivity contribution is 5.89. The number of rotatable bonds is 6. The standard InChI is InChI=1S/C28H31N5O2/c29-17-20-3-1-5-22(13-20)28-9-7-25(15-23(28)16-28)33(12-11-32-10-8-26(34)19-32)27(35)31-24-6-2-4-21(14-24)18-30/h1-6,13-14,23,25-26,34H,7-12,15-16,19H2,(H,31,35)/t23?,25-,26-,28-/m1/s1. The molecule has 0 radical (unpaired) electrons. The van der Waals surface area contributed by atoms with Gasteiger partial charge in [0, 0.05) is 37.9 Å². The second-order valence-corrected chi connectivity index (χ2v) is 10.2. The van der Waals surface area contributed by atoms with Crippen molar-refractivity contribution in [3.05, 3.63) is 65.2 Å². The van der Waals surface area contributed by atoms with Gasteiger partial charge in [-0.15, -0.1) is 0 Å². The molecule has 0 aromatic heterocycles. The van der Waals surface area contributed by atoms with E-state index in [1.165, 1.54) is 5.56 Å². The summed E-state index contributed by atoms with van der Waals surface area (Å²) in [6.45, 7) is 2.85. The predicted molar refractivity (Wildman–Crippen MR) is 133 cm³/mol. The zero-order valence-corrected chi connectivity index (χ0v) is 19.9. The average Bonchev–Trinajstić information content (AvgIpc) is 3.49. The summed E-state index contributed by atoms with van der Waals surface area (Å²) in [5.41, 5.74) is 3.25. The van der Waals surface area contributed by atoms with Crippen LogP contribution in [-0.2, 0) is 5.41 Å². The van der Waals surface area contributed by atoms with Gasteiger partial charge in [-0.05, 0) is 79.3 Å². The number of urea groups is 1. The number of nitrogens with one attached hydrogen (secondary N) is 1. The largest absolute Gasteiger partial charge is 0.392 e. The Morgan fingerprint density at radius 1 is 1.14 bits per heavy atom. The normalized spacial score (nSPS) is 27.3. The van der Waals surface area contributed by atoms with E-state index in [0.717, 1.165) is 45.2 Å². The number of carbonyl (C=O) groups is 1. The van der Waals surface area contributed by atoms with Crippen LogP contribution in [0, 0.1) is 28.6 Å². The first-order valence-corrected chi connectivity index (χ1v) is 12.5. The number of likely N-dealkylation sites (tertiary alicyclic amines) is 1. The number of benzene rings is 2. The van der Waals surface area contributed by atoms with Gasteiger partial charge in [0.1, 0.15) is 0 Å². The third kappa shape index (κ3) is 4.89. The molecule has 1 aliphatic heterocycles. The maximum atomic E-state index is 13.5. The van der Waals surface area contributed by atoms with Crippen molar-refractivity contribution in [2.45, 2.75) is 49.7 Å². The Morgan fingerprint density at radius 2 is 1.91 bits per heavy atom. The lowest BCUT2D eigenvalue weighted by atomic mass is 9.80. The van der Waals surface area contributed by atoms with Gasteiger partial charge in [-0.1, -0.05) is 18.2 Å². The Kier molecular flexibility index (Phi) is 6.47. The molecule has 0 spiro atoms. The summed E-state index contributed by atoms with van der Waals surface area (Å²) in [4.78, 5) is 17.7. The minimum atomic E-state index is -0.281. The zero-order valence-electron chi connectivity index (χ0n) is 19.9. The molecule has 4 atom stereocenters. The van der Waals surface area contributed by atoms with E-state index in [4.69, 9.17) is 0 Å². The van der Waals surface area contributed by atoms with E-state index in [9.17, 15) is 20.4 Å². The number of β-amino-alcohol motifs (C(OH)–C–C–N with tert-alkyl or cyclic N) is 1. The minimum absolute atomic E-state index is 0.135. The van der Waals surface area contributed by atoms with Crippen LogP contribution in [0.25, 0.3) is 0 Å². The topological polar surface area (TPSA) is 103 Å². The van der Waals surface area contributed by atoms with E-state index in [2.05, 4.69) is 28.4 Å². The van der Waals surface area contributed by atoms with E-state index < -0.39 is 0 Å². The molecule has 2 aromatic rings. The summed E-state index contributed by atoms with van der Waals surface area (Å²) in [6.07, 6.45) is 4.48. The molecule has 180 valence electrons. The summed E-state index contributed by atoms with van der Waals surface area (Å²) < 4.78 is 0. The van der Waals surface area contributed by atoms with Crippen LogP contribution in [0.4, 0.5) is 10.5 Å². The van der Waals surface area contributed by atoms with Crippen molar-refractivity contribution >= 4 is 11.7 Å². The number of hydrogen-bond donors (Lipinski definition) is 2. The van der Waals surface area contributed by atoms with Gasteiger partial charge in [-0.2, -0.15) is 10.5 Å². The summed E-state index contributed by atoms with van der Waals surface area (Å²) in [7, 11) is 0. The number of hydrogen-bond acceptors (Lipinski definition) is 5. The number of fused-ring (bicyclic) bond motifs is 1. The van der Waals surface area contributed by atoms with Gasteiger partial charge in [0.2, 0.25) is 0 Å². The second-order valence-electron chi connectivity index (χ2n) is 10.2. The third-order valence-electron chi connectivity index (χ3n) is 8.13. The molecule has 3 aliphatic rings. The molecule has 2 aromatic carbocycles. The zero-order chi connectivity index (χ0) is 24.4. The fraction of sp³-hybridized carbons (Fsp3) is 0.464. The minimum Gasteiger partial charge on any atom is -0.392 e. The van der Waals surface area contributed by atoms with Crippen LogP contribution in [0.15, 0.2) is 48.5 Å². The lowest BCUT2D eigenvalue weighted by Gasteiger charge is -2.37. The first kappa shape index (κ1) is 23.4. The van der Waals surface area contributed by atoms with E-state index in [1.807, 2.05) is 29.2 Å². The third-order valence-corrected chi connectivity index (χ3v) is 8.13. The fourth-order valence-corrected chi connectivity index (χ4v) is 6.12. The number of anilines is 1. The van der Waals surface area contributed by atoms with Gasteiger partial charge in [0.05, 0.1) is 29.4 Å². The first-order chi connectivity index (χ1) is 17.0. The van der Waals surface area contributed by atoms with Crippen molar-refractivity contribution in [2.24, 2.45) is 5.92 Å². The Bertz CT molecular complexity index is 1180. The van der Waals surface area contributed by atoms with Crippen molar-refractivity contribution in [2.75, 3.05) is 31.5 Å². The van der Waals surface area contributed by atoms with E-state index in [0.29, 0.717) is 35.8 Å². The van der Waals surface area contributed by atoms with Gasteiger partial charge in [-0.3, -0.25) is 4.90 Å². The Morgan fingerprint density at radius 3 is 2.63 bits per heavy atom. The number of nitriles is 2. The van der Waals surface area contributed by atoms with Crippen LogP contribution in [0.1, 0.15) is 48.8 Å². The van der Waals surface area contributed by atoms with Crippen molar-refractivity contribution in [3.63, 3.8) is 0 Å². The molecule has 2 amide bonds. The molecule has 5 rings (SSSR count). The molecule has 1 saturated heterocycles. The van der Waals surface area contributed by atoms with Gasteiger partial charge < -0.3 is 15.3 Å². The molecule has 7 heteroatoms. The monoisotopic (exact) mass is 469 g/mol. The molecule has 2 aliphatic carbocycles. The molecule has 1 unspecified atom stereocenters. The number of aliphatic hydroxyl groups excluding tert-OH is 1. The summed E-state index contributed by atoms with van der Waals surface area (Å²) in [5, 5.41) is 31.4. The van der Waals surface area contributed by atoms with Crippen LogP contribution < -0.4 is 5.32 Å². The lowest BCUT2D eigenvalue weighted by Crippen LogP contribution is -2.48. The van der Waals surface area contributed by atoms with Gasteiger partial charge in [-0.25, -0.2) is 4.79 Å². The first-order valence-electron chi connectivity index (χ1n) is 12.5. The summed E-state index contributed by atoms with van der Waals surface area (Å²) in [5.74, 6) is 0.515. The van der Waals surface area contributed by atoms with Gasteiger partial charge in [0.25, 0.3) is 0 Å². The summed E-state index contributed by atoms with van der Waals surface area (Å²) >= 11 is 0. The maximum absolute atomic E-state index is 13.5. The van der Waals surface area contributed by atoms with Crippen molar-refractivity contribution in [1.82, 2.24) is 9.80 Å². The highest BCUT2D eigenvalue weighted by Crippen LogP contribution is 2.62. The predicted octanol–water partition coefficient (Wildman–Crippen LogP) is 3.84. The van der Waals surface area contributed by atoms with Crippen LogP contribution in [0.2, 0.25) is 0 Å². The molecule has 7 nitrogen and oxygen atoms in total. The average molecular weight is 470 g/mol. The van der Waals surface area contributed by atoms with Gasteiger partial charge in [0.15, 0.2) is 0 Å². The quantitative estimate of drug-likeness (QED) is 0.669. The number of amides is 2. The fourth-order valence-electron chi connectivity index (χ4n) is 6.12. The second kappa shape index (κ2) is 9.70. The smallest absolute Gasteiger partial charge is 0.322 e. The molecule has 3 fully saturated rings. The van der Waals surface area contributed by atoms with E-state index in [1.54, 1.807) is 18.2 Å². The highest BCUT2D eigenvalue weighted by atomic mass is 16.3. The molecular formula is C28H31N5O2. The van der Waals surface area contributed by atoms with Crippen LogP contribution >= 0.6 is 0 Å². The van der Waals surface area contributed by atoms with Crippen LogP contribution in [-0.4, -0.2) is 59.3 Å². The Labute approximate surface area is 206 Å². The highest BCUT2D eigenvalue weighted by Gasteiger charge is 2.58. The summed E-state index contributed by atoms with van der Waals surface area (Å²) in [6, 6.07) is 19.4. The van der Waals surface area contributed by atoms with Gasteiger partial charge >= 0.3 is 6.03 Å². The Balaban J connectivity index is 1.30. The van der Waals surface area contributed by atoms with Crippen LogP contribution in [0.3, 0.4) is 0 Å². The van der Waals surface area contributed by atoms with E-state index in [-0.39, 0.29) is 23.6 Å². The Hall–Kier alpha value is -3.39. The van der Waals surface area contributed by atoms with Crippen molar-refractivity contribution in [1.29, 1.82) is 10.5 Å². The number of aliphatic hydroxyl groups is 1. The number of carbonyl (C=O) groups excluding carboxylic acids is 1. The van der Waals surface area contributed by atoms with Crippen molar-refractivity contribution < 1.29 is 9.90 Å². The molecule has 1 heterocycles. The van der Waals surface area contributed by atoms with Crippen LogP contribution in [0.5, 0.6) is 0 Å². The molecular weight excluding hydrogens is 438 g/mol. The van der Waals surface area contributed by atoms with Crippen molar-refractivity contribution in [3.8, 4) is 12.1 Å². The number of nitrogens with zero attached hydrogens (tertiary/aromatic N) is 4. The SMILES string of the molecule is N#Cc1cccc(NC(=O)N(CCN2CC[C@@H](O)C2)[C@@H]2CC[C@]3(c4cccc(C#N)c4)CC3C2)c1.